The van der Waals surface area contributed by atoms with E-state index in [0.29, 0.717) is 6.07 Å². The van der Waals surface area contributed by atoms with Gasteiger partial charge in [0.25, 0.3) is 10.1 Å². The van der Waals surface area contributed by atoms with Crippen molar-refractivity contribution in [2.24, 2.45) is 0 Å². The molecule has 0 fully saturated rings. The molecule has 0 aromatic heterocycles. The number of aromatic hydroxyl groups is 1. The molecule has 0 heterocycles. The van der Waals surface area contributed by atoms with Crippen LogP contribution in [0.3, 0.4) is 0 Å². The quantitative estimate of drug-likeness (QED) is 0.471. The fourth-order valence-electron chi connectivity index (χ4n) is 1.58. The summed E-state index contributed by atoms with van der Waals surface area (Å²) >= 11 is 0. The Bertz CT molecular complexity index is 709. The number of carbonyl (C=O) groups excluding carboxylic acids is 1. The number of hydrogen-bond donors (Lipinski definition) is 2. The lowest BCUT2D eigenvalue weighted by Gasteiger charge is -2.35. The number of benzene rings is 1. The number of rotatable bonds is 4. The third-order valence-electron chi connectivity index (χ3n) is 2.65. The summed E-state index contributed by atoms with van der Waals surface area (Å²) in [6, 6.07) is 3.13. The molecule has 0 radical (unpaired) electrons. The molecule has 0 unspecified atom stereocenters. The molecule has 1 rings (SSSR count). The summed E-state index contributed by atoms with van der Waals surface area (Å²) in [5, 5.41) is 9.08. The van der Waals surface area contributed by atoms with E-state index in [-0.39, 0.29) is 0 Å². The molecule has 13 heteroatoms. The van der Waals surface area contributed by atoms with Gasteiger partial charge in [-0.05, 0) is 18.2 Å². The summed E-state index contributed by atoms with van der Waals surface area (Å²) in [5.74, 6) is -5.84. The highest BCUT2D eigenvalue weighted by molar-refractivity contribution is 7.85. The highest BCUT2D eigenvalue weighted by atomic mass is 32.2. The summed E-state index contributed by atoms with van der Waals surface area (Å²) < 4.78 is 111. The molecule has 2 N–H and O–H groups in total. The van der Waals surface area contributed by atoms with Gasteiger partial charge in [0, 0.05) is 0 Å². The zero-order valence-electron chi connectivity index (χ0n) is 11.2. The minimum Gasteiger partial charge on any atom is -0.508 e. The molecule has 0 aliphatic carbocycles. The Morgan fingerprint density at radius 1 is 1.08 bits per heavy atom. The molecule has 0 amide bonds. The second-order valence-electron chi connectivity index (χ2n) is 4.49. The molecule has 136 valence electrons. The van der Waals surface area contributed by atoms with E-state index in [9.17, 15) is 39.6 Å². The summed E-state index contributed by atoms with van der Waals surface area (Å²) in [4.78, 5) is 11.6. The van der Waals surface area contributed by atoms with Crippen molar-refractivity contribution in [1.82, 2.24) is 0 Å². The van der Waals surface area contributed by atoms with Crippen LogP contribution in [0.1, 0.15) is 10.4 Å². The van der Waals surface area contributed by atoms with Crippen LogP contribution in [-0.2, 0) is 14.9 Å². The number of phenols is 1. The van der Waals surface area contributed by atoms with E-state index in [1.807, 2.05) is 0 Å². The smallest absolute Gasteiger partial charge is 0.438 e. The average molecular weight is 382 g/mol. The topological polar surface area (TPSA) is 101 Å². The van der Waals surface area contributed by atoms with Crippen LogP contribution >= 0.6 is 0 Å². The second kappa shape index (κ2) is 6.12. The predicted octanol–water partition coefficient (Wildman–Crippen LogP) is 2.30. The number of carbonyl (C=O) groups is 1. The lowest BCUT2D eigenvalue weighted by Crippen LogP contribution is -2.63. The molecule has 0 aliphatic heterocycles. The molecule has 1 aromatic carbocycles. The van der Waals surface area contributed by atoms with E-state index in [0.717, 1.165) is 18.2 Å². The second-order valence-corrected chi connectivity index (χ2v) is 5.94. The molecular formula is C11H8F6O6S. The first-order valence-electron chi connectivity index (χ1n) is 5.70. The Balaban J connectivity index is 3.45. The van der Waals surface area contributed by atoms with Crippen molar-refractivity contribution < 1.29 is 54.0 Å². The lowest BCUT2D eigenvalue weighted by molar-refractivity contribution is -0.356. The van der Waals surface area contributed by atoms with Crippen LogP contribution in [0.5, 0.6) is 5.75 Å². The van der Waals surface area contributed by atoms with Gasteiger partial charge in [-0.25, -0.2) is 4.79 Å². The number of esters is 1. The summed E-state index contributed by atoms with van der Waals surface area (Å²) in [6.45, 7) is 0. The van der Waals surface area contributed by atoms with Gasteiger partial charge in [0.2, 0.25) is 0 Å². The fraction of sp³-hybridized carbons (Fsp3) is 0.364. The van der Waals surface area contributed by atoms with Crippen LogP contribution in [-0.4, -0.2) is 47.8 Å². The van der Waals surface area contributed by atoms with Crippen molar-refractivity contribution in [2.75, 3.05) is 5.75 Å². The lowest BCUT2D eigenvalue weighted by atomic mass is 10.1. The minimum absolute atomic E-state index is 0.507. The Labute approximate surface area is 130 Å². The summed E-state index contributed by atoms with van der Waals surface area (Å²) in [5.41, 5.74) is -6.39. The van der Waals surface area contributed by atoms with Crippen molar-refractivity contribution in [3.63, 3.8) is 0 Å². The standard InChI is InChI=1S/C11H8F6O6S/c12-10(13,14)9(11(15,16)17,5-24(20,21)22)23-8(19)6-2-1-3-7(18)4-6/h1-4,18H,5H2,(H,20,21,22). The van der Waals surface area contributed by atoms with Gasteiger partial charge in [-0.2, -0.15) is 34.8 Å². The number of phenolic OH excluding ortho intramolecular Hbond substituents is 1. The normalized spacial score (nSPS) is 13.6. The first-order valence-corrected chi connectivity index (χ1v) is 7.31. The van der Waals surface area contributed by atoms with E-state index >= 15 is 0 Å². The van der Waals surface area contributed by atoms with Crippen molar-refractivity contribution in [3.8, 4) is 5.75 Å². The van der Waals surface area contributed by atoms with Crippen molar-refractivity contribution in [2.45, 2.75) is 18.0 Å². The molecule has 0 saturated carbocycles. The van der Waals surface area contributed by atoms with E-state index in [1.165, 1.54) is 0 Å². The van der Waals surface area contributed by atoms with Gasteiger partial charge in [-0.3, -0.25) is 4.55 Å². The SMILES string of the molecule is O=C(OC(CS(=O)(=O)O)(C(F)(F)F)C(F)(F)F)c1cccc(O)c1. The van der Waals surface area contributed by atoms with E-state index in [2.05, 4.69) is 4.74 Å². The first-order chi connectivity index (χ1) is 10.6. The maximum Gasteiger partial charge on any atom is 0.438 e. The monoisotopic (exact) mass is 382 g/mol. The Morgan fingerprint density at radius 2 is 1.58 bits per heavy atom. The molecule has 0 aliphatic rings. The Kier molecular flexibility index (Phi) is 5.11. The van der Waals surface area contributed by atoms with Crippen LogP contribution < -0.4 is 0 Å². The first kappa shape index (κ1) is 20.0. The van der Waals surface area contributed by atoms with Gasteiger partial charge in [-0.1, -0.05) is 6.07 Å². The third-order valence-corrected chi connectivity index (χ3v) is 3.42. The molecule has 24 heavy (non-hydrogen) atoms. The van der Waals surface area contributed by atoms with Crippen LogP contribution in [0, 0.1) is 0 Å². The molecular weight excluding hydrogens is 374 g/mol. The highest BCUT2D eigenvalue weighted by Crippen LogP contribution is 2.47. The maximum absolute atomic E-state index is 12.9. The van der Waals surface area contributed by atoms with Gasteiger partial charge >= 0.3 is 23.9 Å². The predicted molar refractivity (Wildman–Crippen MR) is 64.8 cm³/mol. The van der Waals surface area contributed by atoms with Crippen molar-refractivity contribution in [1.29, 1.82) is 0 Å². The minimum atomic E-state index is -6.41. The van der Waals surface area contributed by atoms with Gasteiger partial charge in [-0.15, -0.1) is 0 Å². The van der Waals surface area contributed by atoms with E-state index < -0.39 is 51.1 Å². The van der Waals surface area contributed by atoms with Gasteiger partial charge in [0.1, 0.15) is 11.5 Å². The number of ether oxygens (including phenoxy) is 1. The number of halogens is 6. The average Bonchev–Trinajstić information content (AvgIpc) is 2.33. The van der Waals surface area contributed by atoms with Crippen LogP contribution in [0.15, 0.2) is 24.3 Å². The molecule has 0 saturated heterocycles. The van der Waals surface area contributed by atoms with E-state index in [4.69, 9.17) is 9.66 Å². The highest BCUT2D eigenvalue weighted by Gasteiger charge is 2.76. The van der Waals surface area contributed by atoms with Crippen molar-refractivity contribution in [3.05, 3.63) is 29.8 Å². The zero-order valence-corrected chi connectivity index (χ0v) is 12.0. The number of hydrogen-bond acceptors (Lipinski definition) is 5. The molecule has 0 bridgehead atoms. The Hall–Kier alpha value is -2.02. The molecule has 6 nitrogen and oxygen atoms in total. The van der Waals surface area contributed by atoms with Crippen LogP contribution in [0.4, 0.5) is 26.3 Å². The summed E-state index contributed by atoms with van der Waals surface area (Å²) in [6.07, 6.45) is -12.8. The van der Waals surface area contributed by atoms with Crippen LogP contribution in [0.2, 0.25) is 0 Å². The van der Waals surface area contributed by atoms with Crippen molar-refractivity contribution >= 4 is 16.1 Å². The molecule has 0 atom stereocenters. The van der Waals surface area contributed by atoms with Crippen LogP contribution in [0.25, 0.3) is 0 Å². The molecule has 1 aromatic rings. The van der Waals surface area contributed by atoms with Gasteiger partial charge in [0.15, 0.2) is 0 Å². The van der Waals surface area contributed by atoms with Gasteiger partial charge in [0.05, 0.1) is 5.56 Å². The fourth-order valence-corrected chi connectivity index (χ4v) is 2.48. The van der Waals surface area contributed by atoms with Gasteiger partial charge < -0.3 is 9.84 Å². The largest absolute Gasteiger partial charge is 0.508 e. The third kappa shape index (κ3) is 4.29. The maximum atomic E-state index is 12.9. The summed E-state index contributed by atoms with van der Waals surface area (Å²) in [7, 11) is -5.85. The zero-order chi connectivity index (χ0) is 19.0. The Morgan fingerprint density at radius 3 is 1.96 bits per heavy atom. The number of alkyl halides is 6. The molecule has 0 spiro atoms. The van der Waals surface area contributed by atoms with E-state index in [1.54, 1.807) is 0 Å².